The number of para-hydroxylation sites is 1. The lowest BCUT2D eigenvalue weighted by molar-refractivity contribution is -0.384. The van der Waals surface area contributed by atoms with Gasteiger partial charge in [-0.25, -0.2) is 4.90 Å². The molecule has 0 N–H and O–H groups in total. The van der Waals surface area contributed by atoms with E-state index in [0.29, 0.717) is 5.56 Å². The Hall–Kier alpha value is -5.12. The van der Waals surface area contributed by atoms with E-state index in [1.54, 1.807) is 0 Å². The first-order valence-electron chi connectivity index (χ1n) is 12.3. The van der Waals surface area contributed by atoms with Gasteiger partial charge in [-0.05, 0) is 48.0 Å². The number of Topliss-reactive ketones (excluding diaryl/α,β-unsaturated/α-hetero) is 1. The van der Waals surface area contributed by atoms with Crippen molar-refractivity contribution in [3.63, 3.8) is 0 Å². The van der Waals surface area contributed by atoms with Crippen molar-refractivity contribution in [1.29, 1.82) is 0 Å². The zero-order valence-corrected chi connectivity index (χ0v) is 20.6. The van der Waals surface area contributed by atoms with Crippen LogP contribution in [0.15, 0.2) is 78.9 Å². The molecule has 3 aliphatic rings. The number of ether oxygens (including phenoxy) is 1. The van der Waals surface area contributed by atoms with Crippen LogP contribution in [-0.2, 0) is 14.4 Å². The topological polar surface area (TPSA) is 127 Å². The maximum Gasteiger partial charge on any atom is 0.308 e. The van der Waals surface area contributed by atoms with Gasteiger partial charge in [-0.2, -0.15) is 0 Å². The molecule has 0 radical (unpaired) electrons. The van der Waals surface area contributed by atoms with E-state index in [2.05, 4.69) is 0 Å². The quantitative estimate of drug-likeness (QED) is 0.123. The smallest absolute Gasteiger partial charge is 0.308 e. The molecule has 0 unspecified atom stereocenters. The van der Waals surface area contributed by atoms with Gasteiger partial charge in [0.05, 0.1) is 28.5 Å². The molecule has 0 saturated carbocycles. The number of carbonyl (C=O) groups is 4. The van der Waals surface area contributed by atoms with E-state index in [4.69, 9.17) is 4.74 Å². The van der Waals surface area contributed by atoms with Crippen molar-refractivity contribution in [3.05, 3.63) is 100 Å². The lowest BCUT2D eigenvalue weighted by atomic mass is 9.86. The number of hydrogen-bond donors (Lipinski definition) is 0. The third kappa shape index (κ3) is 3.80. The number of fused-ring (bicyclic) bond motifs is 5. The number of carbonyl (C=O) groups excluding carboxylic acids is 4. The van der Waals surface area contributed by atoms with Crippen LogP contribution in [0, 0.1) is 22.0 Å². The summed E-state index contributed by atoms with van der Waals surface area (Å²) in [5, 5.41) is 11.1. The van der Waals surface area contributed by atoms with Gasteiger partial charge in [-0.15, -0.1) is 0 Å². The molecule has 2 fully saturated rings. The molecule has 194 valence electrons. The van der Waals surface area contributed by atoms with Crippen LogP contribution in [0.5, 0.6) is 5.75 Å². The molecule has 39 heavy (non-hydrogen) atoms. The van der Waals surface area contributed by atoms with Gasteiger partial charge in [0.1, 0.15) is 11.8 Å². The van der Waals surface area contributed by atoms with Gasteiger partial charge in [0, 0.05) is 30.3 Å². The van der Waals surface area contributed by atoms with Gasteiger partial charge < -0.3 is 9.64 Å². The van der Waals surface area contributed by atoms with Crippen LogP contribution >= 0.6 is 0 Å². The summed E-state index contributed by atoms with van der Waals surface area (Å²) in [7, 11) is 0. The summed E-state index contributed by atoms with van der Waals surface area (Å²) in [4.78, 5) is 66.5. The van der Waals surface area contributed by atoms with Crippen LogP contribution in [0.3, 0.4) is 0 Å². The molecular weight excluding hydrogens is 502 g/mol. The predicted octanol–water partition coefficient (Wildman–Crippen LogP) is 3.79. The largest absolute Gasteiger partial charge is 0.427 e. The molecule has 0 aromatic heterocycles. The van der Waals surface area contributed by atoms with Crippen molar-refractivity contribution >= 4 is 46.7 Å². The van der Waals surface area contributed by atoms with Crippen molar-refractivity contribution in [1.82, 2.24) is 0 Å². The summed E-state index contributed by atoms with van der Waals surface area (Å²) in [6.07, 6.45) is 3.74. The number of nitrogens with zero attached hydrogens (tertiary/aromatic N) is 3. The third-order valence-corrected chi connectivity index (χ3v) is 7.40. The van der Waals surface area contributed by atoms with Crippen molar-refractivity contribution in [2.24, 2.45) is 11.8 Å². The highest BCUT2D eigenvalue weighted by Gasteiger charge is 2.64. The van der Waals surface area contributed by atoms with Crippen LogP contribution in [0.2, 0.25) is 0 Å². The zero-order chi connectivity index (χ0) is 27.4. The number of anilines is 2. The number of non-ortho nitro benzene ring substituents is 1. The zero-order valence-electron chi connectivity index (χ0n) is 20.6. The highest BCUT2D eigenvalue weighted by Crippen LogP contribution is 2.49. The predicted molar refractivity (Wildman–Crippen MR) is 140 cm³/mol. The molecule has 3 heterocycles. The summed E-state index contributed by atoms with van der Waals surface area (Å²) >= 11 is 0. The lowest BCUT2D eigenvalue weighted by Gasteiger charge is -2.36. The minimum Gasteiger partial charge on any atom is -0.427 e. The van der Waals surface area contributed by atoms with E-state index in [1.807, 2.05) is 41.3 Å². The Balaban J connectivity index is 1.42. The van der Waals surface area contributed by atoms with E-state index in [0.717, 1.165) is 16.2 Å². The maximum atomic E-state index is 14.1. The molecule has 0 spiro atoms. The van der Waals surface area contributed by atoms with Crippen molar-refractivity contribution in [3.8, 4) is 5.75 Å². The minimum atomic E-state index is -0.981. The average Bonchev–Trinajstić information content (AvgIpc) is 3.41. The average molecular weight is 524 g/mol. The molecule has 3 aliphatic heterocycles. The van der Waals surface area contributed by atoms with Crippen LogP contribution in [0.25, 0.3) is 6.08 Å². The number of amides is 2. The molecule has 10 nitrogen and oxygen atoms in total. The molecule has 3 aromatic carbocycles. The fraction of sp³-hybridized carbons (Fsp3) is 0.172. The second-order valence-electron chi connectivity index (χ2n) is 9.58. The van der Waals surface area contributed by atoms with Crippen LogP contribution in [0.4, 0.5) is 17.1 Å². The first-order valence-corrected chi connectivity index (χ1v) is 12.3. The van der Waals surface area contributed by atoms with Crippen LogP contribution in [0.1, 0.15) is 22.8 Å². The Bertz CT molecular complexity index is 1580. The number of nitro benzene ring substituents is 1. The van der Waals surface area contributed by atoms with E-state index in [9.17, 15) is 29.3 Å². The third-order valence-electron chi connectivity index (χ3n) is 7.40. The number of hydrogen-bond acceptors (Lipinski definition) is 8. The monoisotopic (exact) mass is 523 g/mol. The van der Waals surface area contributed by atoms with E-state index in [1.165, 1.54) is 55.5 Å². The number of rotatable bonds is 5. The van der Waals surface area contributed by atoms with Crippen molar-refractivity contribution in [2.45, 2.75) is 19.0 Å². The lowest BCUT2D eigenvalue weighted by Crippen LogP contribution is -2.48. The summed E-state index contributed by atoms with van der Waals surface area (Å²) in [5.74, 6) is -3.36. The fourth-order valence-corrected chi connectivity index (χ4v) is 5.82. The molecule has 2 amide bonds. The molecule has 2 saturated heterocycles. The molecule has 3 aromatic rings. The highest BCUT2D eigenvalue weighted by atomic mass is 16.6. The minimum absolute atomic E-state index is 0.165. The summed E-state index contributed by atoms with van der Waals surface area (Å²) in [6.45, 7) is 1.28. The van der Waals surface area contributed by atoms with Crippen LogP contribution in [-0.4, -0.2) is 40.6 Å². The summed E-state index contributed by atoms with van der Waals surface area (Å²) in [6, 6.07) is 17.2. The van der Waals surface area contributed by atoms with Gasteiger partial charge in [-0.1, -0.05) is 30.4 Å². The summed E-state index contributed by atoms with van der Waals surface area (Å²) < 4.78 is 5.08. The van der Waals surface area contributed by atoms with E-state index >= 15 is 0 Å². The number of nitro groups is 1. The van der Waals surface area contributed by atoms with Gasteiger partial charge in [0.25, 0.3) is 5.69 Å². The SMILES string of the molecule is CC(=O)Oc1ccc(C(=O)[C@@H]2[C@@H]3C(=O)N(c4ccc([N+](=O)[O-])cc4)C(=O)[C@@H]3[C@H]3C=Cc4ccccc4N32)cc1. The van der Waals surface area contributed by atoms with Gasteiger partial charge in [0.2, 0.25) is 11.8 Å². The molecule has 4 atom stereocenters. The Morgan fingerprint density at radius 2 is 1.56 bits per heavy atom. The number of benzene rings is 3. The van der Waals surface area contributed by atoms with Gasteiger partial charge in [-0.3, -0.25) is 29.3 Å². The molecule has 10 heteroatoms. The first kappa shape index (κ1) is 24.2. The Morgan fingerprint density at radius 1 is 0.897 bits per heavy atom. The van der Waals surface area contributed by atoms with Crippen LogP contribution < -0.4 is 14.5 Å². The second-order valence-corrected chi connectivity index (χ2v) is 9.58. The highest BCUT2D eigenvalue weighted by molar-refractivity contribution is 6.25. The van der Waals surface area contributed by atoms with Gasteiger partial charge >= 0.3 is 5.97 Å². The molecule has 6 rings (SSSR count). The normalized spacial score (nSPS) is 22.8. The Kier molecular flexibility index (Phi) is 5.60. The Labute approximate surface area is 222 Å². The summed E-state index contributed by atoms with van der Waals surface area (Å²) in [5.41, 5.74) is 1.96. The number of imide groups is 1. The number of ketones is 1. The van der Waals surface area contributed by atoms with Crippen molar-refractivity contribution in [2.75, 3.05) is 9.80 Å². The van der Waals surface area contributed by atoms with E-state index < -0.39 is 46.6 Å². The number of esters is 1. The van der Waals surface area contributed by atoms with Crippen molar-refractivity contribution < 1.29 is 28.8 Å². The maximum absolute atomic E-state index is 14.1. The molecule has 0 aliphatic carbocycles. The van der Waals surface area contributed by atoms with E-state index in [-0.39, 0.29) is 22.9 Å². The Morgan fingerprint density at radius 3 is 2.23 bits per heavy atom. The van der Waals surface area contributed by atoms with Gasteiger partial charge in [0.15, 0.2) is 5.78 Å². The fourth-order valence-electron chi connectivity index (χ4n) is 5.82. The molecule has 0 bridgehead atoms. The molecular formula is C29H21N3O7. The first-order chi connectivity index (χ1) is 18.8. The second kappa shape index (κ2) is 9.02. The standard InChI is InChI=1S/C29H21N3O7/c1-16(33)39-21-13-6-18(7-14-21)27(34)26-25-24(23-15-8-17-4-2-3-5-22(17)31(23)26)28(35)30(29(25)36)19-9-11-20(12-10-19)32(37)38/h2-15,23-26H,1H3/t23-,24-,25-,26+/m1/s1.